The van der Waals surface area contributed by atoms with E-state index >= 15 is 0 Å². The molecule has 5 rings (SSSR count). The quantitative estimate of drug-likeness (QED) is 0.548. The van der Waals surface area contributed by atoms with Crippen LogP contribution < -0.4 is 10.1 Å². The van der Waals surface area contributed by atoms with Crippen LogP contribution in [-0.2, 0) is 5.54 Å². The fourth-order valence-corrected chi connectivity index (χ4v) is 5.15. The van der Waals surface area contributed by atoms with E-state index in [1.807, 2.05) is 35.2 Å². The van der Waals surface area contributed by atoms with Crippen molar-refractivity contribution in [3.63, 3.8) is 0 Å². The average molecular weight is 450 g/mol. The maximum absolute atomic E-state index is 13.4. The number of nitrogens with zero attached hydrogens (tertiary/aromatic N) is 2. The number of nitrogens with one attached hydrogen (secondary N) is 1. The second-order valence-corrected chi connectivity index (χ2v) is 9.51. The Labute approximate surface area is 193 Å². The fraction of sp³-hybridized carbons (Fsp3) is 0.346. The molecule has 5 nitrogen and oxygen atoms in total. The summed E-state index contributed by atoms with van der Waals surface area (Å²) in [5.41, 5.74) is 4.98. The Balaban J connectivity index is 1.40. The molecule has 0 atom stereocenters. The van der Waals surface area contributed by atoms with Gasteiger partial charge in [0.2, 0.25) is 0 Å². The highest BCUT2D eigenvalue weighted by molar-refractivity contribution is 6.31. The summed E-state index contributed by atoms with van der Waals surface area (Å²) in [6.07, 6.45) is 3.76. The number of hydrogen-bond donors (Lipinski definition) is 1. The van der Waals surface area contributed by atoms with Gasteiger partial charge in [0.05, 0.1) is 24.0 Å². The number of rotatable bonds is 3. The molecule has 1 fully saturated rings. The van der Waals surface area contributed by atoms with Crippen molar-refractivity contribution in [2.75, 3.05) is 25.5 Å². The van der Waals surface area contributed by atoms with Crippen LogP contribution in [0.3, 0.4) is 0 Å². The number of benzene rings is 2. The molecule has 1 saturated heterocycles. The number of piperidine rings is 1. The minimum Gasteiger partial charge on any atom is -0.497 e. The van der Waals surface area contributed by atoms with E-state index in [1.54, 1.807) is 7.11 Å². The van der Waals surface area contributed by atoms with Crippen molar-refractivity contribution in [1.82, 2.24) is 9.47 Å². The van der Waals surface area contributed by atoms with Crippen molar-refractivity contribution >= 4 is 23.2 Å². The van der Waals surface area contributed by atoms with Gasteiger partial charge in [-0.2, -0.15) is 0 Å². The third kappa shape index (κ3) is 3.45. The van der Waals surface area contributed by atoms with Crippen molar-refractivity contribution in [1.29, 1.82) is 0 Å². The maximum Gasteiger partial charge on any atom is 0.254 e. The summed E-state index contributed by atoms with van der Waals surface area (Å²) in [6, 6.07) is 16.1. The number of halogens is 1. The number of aromatic nitrogens is 1. The van der Waals surface area contributed by atoms with E-state index in [-0.39, 0.29) is 11.4 Å². The minimum absolute atomic E-state index is 0.0651. The summed E-state index contributed by atoms with van der Waals surface area (Å²) >= 11 is 6.28. The van der Waals surface area contributed by atoms with Gasteiger partial charge in [-0.3, -0.25) is 4.79 Å². The predicted molar refractivity (Wildman–Crippen MR) is 128 cm³/mol. The fourth-order valence-electron chi connectivity index (χ4n) is 4.97. The Morgan fingerprint density at radius 3 is 2.62 bits per heavy atom. The summed E-state index contributed by atoms with van der Waals surface area (Å²) in [5, 5.41) is 4.49. The van der Waals surface area contributed by atoms with Crippen LogP contribution in [0.15, 0.2) is 54.7 Å². The van der Waals surface area contributed by atoms with Crippen LogP contribution in [0.4, 0.5) is 5.69 Å². The number of amides is 1. The van der Waals surface area contributed by atoms with Crippen LogP contribution in [0, 0.1) is 0 Å². The van der Waals surface area contributed by atoms with Gasteiger partial charge in [-0.25, -0.2) is 0 Å². The van der Waals surface area contributed by atoms with E-state index in [4.69, 9.17) is 16.3 Å². The molecule has 0 aliphatic carbocycles. The standard InChI is InChI=1S/C26H28ClN3O2/c1-17(2)18-13-19(15-21(14-18)32-3)25(31)29-11-8-26(9-12-29)24-5-4-10-30(24)23-7-6-20(27)16-22(23)28-26/h4-7,10,13-17,28H,8-9,11-12H2,1-3H3. The molecule has 6 heteroatoms. The Morgan fingerprint density at radius 1 is 1.12 bits per heavy atom. The van der Waals surface area contributed by atoms with Gasteiger partial charge in [0, 0.05) is 35.6 Å². The second-order valence-electron chi connectivity index (χ2n) is 9.07. The lowest BCUT2D eigenvalue weighted by Crippen LogP contribution is -2.51. The summed E-state index contributed by atoms with van der Waals surface area (Å²) in [4.78, 5) is 15.3. The molecule has 3 heterocycles. The summed E-state index contributed by atoms with van der Waals surface area (Å²) in [5.74, 6) is 1.12. The van der Waals surface area contributed by atoms with Gasteiger partial charge >= 0.3 is 0 Å². The molecule has 0 radical (unpaired) electrons. The van der Waals surface area contributed by atoms with E-state index in [9.17, 15) is 4.79 Å². The number of fused-ring (bicyclic) bond motifs is 4. The van der Waals surface area contributed by atoms with Crippen LogP contribution in [-0.4, -0.2) is 35.6 Å². The van der Waals surface area contributed by atoms with Crippen LogP contribution in [0.25, 0.3) is 5.69 Å². The lowest BCUT2D eigenvalue weighted by atomic mass is 9.82. The smallest absolute Gasteiger partial charge is 0.254 e. The number of carbonyl (C=O) groups excluding carboxylic acids is 1. The first-order valence-electron chi connectivity index (χ1n) is 11.1. The molecule has 0 bridgehead atoms. The Hall–Kier alpha value is -2.92. The molecule has 2 aliphatic rings. The Bertz CT molecular complexity index is 1180. The first-order valence-corrected chi connectivity index (χ1v) is 11.5. The lowest BCUT2D eigenvalue weighted by Gasteiger charge is -2.46. The predicted octanol–water partition coefficient (Wildman–Crippen LogP) is 5.82. The molecule has 1 amide bonds. The van der Waals surface area contributed by atoms with Gasteiger partial charge in [-0.15, -0.1) is 0 Å². The van der Waals surface area contributed by atoms with Crippen LogP contribution >= 0.6 is 11.6 Å². The first kappa shape index (κ1) is 21.0. The van der Waals surface area contributed by atoms with Gasteiger partial charge in [0.1, 0.15) is 5.75 Å². The van der Waals surface area contributed by atoms with Crippen LogP contribution in [0.1, 0.15) is 54.2 Å². The SMILES string of the molecule is COc1cc(C(=O)N2CCC3(CC2)Nc2cc(Cl)ccc2-n2cccc23)cc(C(C)C)c1. The molecule has 1 spiro atoms. The zero-order valence-electron chi connectivity index (χ0n) is 18.7. The minimum atomic E-state index is -0.213. The molecule has 0 unspecified atom stereocenters. The summed E-state index contributed by atoms with van der Waals surface area (Å²) < 4.78 is 7.70. The highest BCUT2D eigenvalue weighted by Crippen LogP contribution is 2.44. The molecule has 2 aromatic carbocycles. The van der Waals surface area contributed by atoms with E-state index in [2.05, 4.69) is 48.1 Å². The molecule has 32 heavy (non-hydrogen) atoms. The van der Waals surface area contributed by atoms with E-state index < -0.39 is 0 Å². The average Bonchev–Trinajstić information content (AvgIpc) is 3.30. The molecular weight excluding hydrogens is 422 g/mol. The molecule has 3 aromatic rings. The maximum atomic E-state index is 13.4. The highest BCUT2D eigenvalue weighted by atomic mass is 35.5. The first-order chi connectivity index (χ1) is 15.4. The number of ether oxygens (including phenoxy) is 1. The van der Waals surface area contributed by atoms with E-state index in [1.165, 1.54) is 5.69 Å². The number of likely N-dealkylation sites (tertiary alicyclic amines) is 1. The van der Waals surface area contributed by atoms with Gasteiger partial charge in [-0.05, 0) is 72.9 Å². The number of anilines is 1. The van der Waals surface area contributed by atoms with Crippen molar-refractivity contribution in [2.24, 2.45) is 0 Å². The highest BCUT2D eigenvalue weighted by Gasteiger charge is 2.42. The molecule has 1 N–H and O–H groups in total. The van der Waals surface area contributed by atoms with Gasteiger partial charge in [0.15, 0.2) is 0 Å². The number of methoxy groups -OCH3 is 1. The molecule has 0 saturated carbocycles. The third-order valence-corrected chi connectivity index (χ3v) is 7.05. The monoisotopic (exact) mass is 449 g/mol. The second kappa shape index (κ2) is 7.89. The largest absolute Gasteiger partial charge is 0.497 e. The summed E-state index contributed by atoms with van der Waals surface area (Å²) in [6.45, 7) is 5.62. The van der Waals surface area contributed by atoms with Crippen molar-refractivity contribution in [3.8, 4) is 11.4 Å². The zero-order chi connectivity index (χ0) is 22.5. The topological polar surface area (TPSA) is 46.5 Å². The molecule has 166 valence electrons. The summed E-state index contributed by atoms with van der Waals surface area (Å²) in [7, 11) is 1.65. The van der Waals surface area contributed by atoms with E-state index in [0.29, 0.717) is 29.6 Å². The third-order valence-electron chi connectivity index (χ3n) is 6.81. The van der Waals surface area contributed by atoms with E-state index in [0.717, 1.165) is 35.5 Å². The van der Waals surface area contributed by atoms with Gasteiger partial charge in [0.25, 0.3) is 5.91 Å². The van der Waals surface area contributed by atoms with Crippen molar-refractivity contribution < 1.29 is 9.53 Å². The Morgan fingerprint density at radius 2 is 1.91 bits per heavy atom. The van der Waals surface area contributed by atoms with Crippen LogP contribution in [0.2, 0.25) is 5.02 Å². The number of hydrogen-bond acceptors (Lipinski definition) is 3. The number of carbonyl (C=O) groups is 1. The lowest BCUT2D eigenvalue weighted by molar-refractivity contribution is 0.0676. The van der Waals surface area contributed by atoms with Crippen molar-refractivity contribution in [2.45, 2.75) is 38.1 Å². The van der Waals surface area contributed by atoms with Crippen molar-refractivity contribution in [3.05, 3.63) is 76.6 Å². The molecule has 1 aromatic heterocycles. The van der Waals surface area contributed by atoms with Crippen LogP contribution in [0.5, 0.6) is 5.75 Å². The van der Waals surface area contributed by atoms with Gasteiger partial charge < -0.3 is 19.5 Å². The normalized spacial score (nSPS) is 16.5. The zero-order valence-corrected chi connectivity index (χ0v) is 19.4. The van der Waals surface area contributed by atoms with Gasteiger partial charge in [-0.1, -0.05) is 25.4 Å². The molecule has 2 aliphatic heterocycles. The molecular formula is C26H28ClN3O2. The Kier molecular flexibility index (Phi) is 5.17.